The van der Waals surface area contributed by atoms with Crippen LogP contribution in [0.3, 0.4) is 0 Å². The van der Waals surface area contributed by atoms with E-state index in [1.165, 1.54) is 0 Å². The van der Waals surface area contributed by atoms with E-state index < -0.39 is 12.1 Å². The summed E-state index contributed by atoms with van der Waals surface area (Å²) >= 11 is 0.994. The van der Waals surface area contributed by atoms with Crippen LogP contribution >= 0.6 is 11.3 Å². The van der Waals surface area contributed by atoms with Gasteiger partial charge in [-0.1, -0.05) is 11.3 Å². The Morgan fingerprint density at radius 1 is 1.13 bits per heavy atom. The summed E-state index contributed by atoms with van der Waals surface area (Å²) in [6, 6.07) is 5.45. The molecule has 5 N–H and O–H groups in total. The number of benzene rings is 1. The first kappa shape index (κ1) is 28.1. The van der Waals surface area contributed by atoms with Crippen molar-refractivity contribution in [3.05, 3.63) is 34.3 Å². The third kappa shape index (κ3) is 6.41. The van der Waals surface area contributed by atoms with Gasteiger partial charge >= 0.3 is 5.97 Å². The number of hydrogen-bond acceptors (Lipinski definition) is 13. The van der Waals surface area contributed by atoms with Crippen molar-refractivity contribution in [1.82, 2.24) is 15.0 Å². The lowest BCUT2D eigenvalue weighted by Crippen LogP contribution is -2.45. The zero-order valence-corrected chi connectivity index (χ0v) is 22.9. The van der Waals surface area contributed by atoms with E-state index in [-0.39, 0.29) is 23.4 Å². The van der Waals surface area contributed by atoms with Crippen LogP contribution in [0.1, 0.15) is 27.3 Å². The van der Waals surface area contributed by atoms with Crippen molar-refractivity contribution in [3.8, 4) is 17.2 Å². The van der Waals surface area contributed by atoms with Gasteiger partial charge in [-0.2, -0.15) is 9.97 Å². The number of aromatic nitrogens is 3. The second kappa shape index (κ2) is 12.3. The zero-order chi connectivity index (χ0) is 28.1. The minimum Gasteiger partial charge on any atom is -0.493 e. The fourth-order valence-corrected chi connectivity index (χ4v) is 5.12. The average molecular weight is 561 g/mol. The SMILES string of the molecule is COc1cc(CNc2cc(N3CCC(O)C(CO)C3)nc(Nc3nc(C)c(C(=O)O)s3)n2)cc(OC)c1OC. The first-order valence-corrected chi connectivity index (χ1v) is 13.0. The van der Waals surface area contributed by atoms with Crippen LogP contribution in [0, 0.1) is 12.8 Å². The lowest BCUT2D eigenvalue weighted by atomic mass is 9.95. The van der Waals surface area contributed by atoms with Gasteiger partial charge < -0.3 is 39.7 Å². The van der Waals surface area contributed by atoms with Crippen LogP contribution in [0.2, 0.25) is 0 Å². The van der Waals surface area contributed by atoms with Crippen LogP contribution in [-0.2, 0) is 6.54 Å². The molecule has 13 nitrogen and oxygen atoms in total. The van der Waals surface area contributed by atoms with Gasteiger partial charge in [-0.05, 0) is 31.0 Å². The zero-order valence-electron chi connectivity index (χ0n) is 22.1. The Hall–Kier alpha value is -3.88. The molecule has 1 aliphatic heterocycles. The molecule has 1 aliphatic rings. The molecule has 1 saturated heterocycles. The minimum absolute atomic E-state index is 0.130. The summed E-state index contributed by atoms with van der Waals surface area (Å²) in [5.41, 5.74) is 1.24. The van der Waals surface area contributed by atoms with Gasteiger partial charge in [0, 0.05) is 31.6 Å². The van der Waals surface area contributed by atoms with Crippen LogP contribution in [0.25, 0.3) is 0 Å². The maximum Gasteiger partial charge on any atom is 0.347 e. The van der Waals surface area contributed by atoms with Crippen LogP contribution in [0.15, 0.2) is 18.2 Å². The molecule has 0 saturated carbocycles. The molecule has 2 atom stereocenters. The monoisotopic (exact) mass is 560 g/mol. The van der Waals surface area contributed by atoms with Crippen molar-refractivity contribution in [2.75, 3.05) is 56.6 Å². The number of nitrogens with one attached hydrogen (secondary N) is 2. The molecule has 0 bridgehead atoms. The topological polar surface area (TPSA) is 171 Å². The number of aromatic carboxylic acids is 1. The fourth-order valence-electron chi connectivity index (χ4n) is 4.32. The van der Waals surface area contributed by atoms with Crippen LogP contribution < -0.4 is 29.7 Å². The summed E-state index contributed by atoms with van der Waals surface area (Å²) in [7, 11) is 4.64. The fraction of sp³-hybridized carbons (Fsp3) is 0.440. The van der Waals surface area contributed by atoms with E-state index in [0.717, 1.165) is 16.9 Å². The number of ether oxygens (including phenoxy) is 3. The van der Waals surface area contributed by atoms with Crippen LogP contribution in [0.4, 0.5) is 22.7 Å². The second-order valence-electron chi connectivity index (χ2n) is 8.93. The van der Waals surface area contributed by atoms with Gasteiger partial charge in [0.25, 0.3) is 0 Å². The molecule has 0 radical (unpaired) electrons. The third-order valence-electron chi connectivity index (χ3n) is 6.37. The predicted octanol–water partition coefficient (Wildman–Crippen LogP) is 2.50. The largest absolute Gasteiger partial charge is 0.493 e. The number of anilines is 4. The molecule has 4 rings (SSSR count). The van der Waals surface area contributed by atoms with E-state index in [4.69, 9.17) is 14.2 Å². The summed E-state index contributed by atoms with van der Waals surface area (Å²) in [5, 5.41) is 36.0. The second-order valence-corrected chi connectivity index (χ2v) is 9.93. The number of rotatable bonds is 11. The maximum atomic E-state index is 11.5. The molecule has 0 amide bonds. The summed E-state index contributed by atoms with van der Waals surface area (Å²) in [4.78, 5) is 27.1. The smallest absolute Gasteiger partial charge is 0.347 e. The number of carboxylic acids is 1. The van der Waals surface area contributed by atoms with Gasteiger partial charge in [-0.15, -0.1) is 0 Å². The highest BCUT2D eigenvalue weighted by molar-refractivity contribution is 7.17. The highest BCUT2D eigenvalue weighted by Crippen LogP contribution is 2.38. The number of carbonyl (C=O) groups is 1. The van der Waals surface area contributed by atoms with Gasteiger partial charge in [0.1, 0.15) is 16.5 Å². The van der Waals surface area contributed by atoms with E-state index in [1.54, 1.807) is 34.3 Å². The Labute approximate surface area is 229 Å². The number of nitrogens with zero attached hydrogens (tertiary/aromatic N) is 4. The summed E-state index contributed by atoms with van der Waals surface area (Å²) in [6.07, 6.45) is -0.101. The molecule has 39 heavy (non-hydrogen) atoms. The molecular formula is C25H32N6O7S. The molecule has 3 heterocycles. The van der Waals surface area contributed by atoms with Gasteiger partial charge in [0.05, 0.1) is 39.7 Å². The maximum absolute atomic E-state index is 11.5. The van der Waals surface area contributed by atoms with Crippen LogP contribution in [0.5, 0.6) is 17.2 Å². The van der Waals surface area contributed by atoms with E-state index >= 15 is 0 Å². The average Bonchev–Trinajstić information content (AvgIpc) is 3.31. The standard InChI is InChI=1S/C25H32N6O7S/c1-13-22(23(34)35)39-25(27-13)30-24-28-19(9-20(29-24)31-6-5-16(33)15(11-31)12-32)26-10-14-7-17(36-2)21(38-4)18(8-14)37-3/h7-9,15-16,32-33H,5-6,10-12H2,1-4H3,(H,34,35)(H2,26,27,28,29,30). The molecule has 2 aromatic heterocycles. The molecular weight excluding hydrogens is 528 g/mol. The third-order valence-corrected chi connectivity index (χ3v) is 7.43. The first-order chi connectivity index (χ1) is 18.8. The van der Waals surface area contributed by atoms with Crippen molar-refractivity contribution in [3.63, 3.8) is 0 Å². The van der Waals surface area contributed by atoms with Gasteiger partial charge in [-0.25, -0.2) is 9.78 Å². The number of aliphatic hydroxyl groups is 2. The number of aryl methyl sites for hydroxylation is 1. The van der Waals surface area contributed by atoms with Crippen molar-refractivity contribution in [2.24, 2.45) is 5.92 Å². The van der Waals surface area contributed by atoms with E-state index in [9.17, 15) is 20.1 Å². The molecule has 0 aliphatic carbocycles. The lowest BCUT2D eigenvalue weighted by molar-refractivity contribution is 0.0524. The summed E-state index contributed by atoms with van der Waals surface area (Å²) in [6.45, 7) is 2.81. The Morgan fingerprint density at radius 2 is 1.85 bits per heavy atom. The Kier molecular flexibility index (Phi) is 8.89. The highest BCUT2D eigenvalue weighted by Gasteiger charge is 2.28. The van der Waals surface area contributed by atoms with Crippen molar-refractivity contribution in [1.29, 1.82) is 0 Å². The minimum atomic E-state index is -1.05. The Morgan fingerprint density at radius 3 is 2.44 bits per heavy atom. The Balaban J connectivity index is 1.64. The van der Waals surface area contributed by atoms with Crippen molar-refractivity contribution < 1.29 is 34.3 Å². The molecule has 0 spiro atoms. The first-order valence-electron chi connectivity index (χ1n) is 12.2. The molecule has 1 fully saturated rings. The quantitative estimate of drug-likeness (QED) is 0.232. The number of carboxylic acid groups (broad SMARTS) is 1. The van der Waals surface area contributed by atoms with Crippen LogP contribution in [-0.4, -0.2) is 83.4 Å². The lowest BCUT2D eigenvalue weighted by Gasteiger charge is -2.36. The van der Waals surface area contributed by atoms with Crippen molar-refractivity contribution >= 4 is 40.0 Å². The van der Waals surface area contributed by atoms with E-state index in [1.807, 2.05) is 17.0 Å². The van der Waals surface area contributed by atoms with Gasteiger partial charge in [0.2, 0.25) is 11.7 Å². The number of hydrogen-bond donors (Lipinski definition) is 5. The summed E-state index contributed by atoms with van der Waals surface area (Å²) in [5.74, 6) is 1.47. The van der Waals surface area contributed by atoms with Crippen molar-refractivity contribution in [2.45, 2.75) is 26.0 Å². The normalized spacial score (nSPS) is 17.0. The molecule has 14 heteroatoms. The van der Waals surface area contributed by atoms with E-state index in [2.05, 4.69) is 25.6 Å². The van der Waals surface area contributed by atoms with Gasteiger partial charge in [-0.3, -0.25) is 5.32 Å². The number of thiazole rings is 1. The number of piperidine rings is 1. The predicted molar refractivity (Wildman–Crippen MR) is 146 cm³/mol. The number of methoxy groups -OCH3 is 3. The summed E-state index contributed by atoms with van der Waals surface area (Å²) < 4.78 is 16.3. The molecule has 3 aromatic rings. The highest BCUT2D eigenvalue weighted by atomic mass is 32.1. The molecule has 2 unspecified atom stereocenters. The molecule has 1 aromatic carbocycles. The molecule has 210 valence electrons. The van der Waals surface area contributed by atoms with E-state index in [0.29, 0.717) is 65.8 Å². The Bertz CT molecular complexity index is 1300. The van der Waals surface area contributed by atoms with Gasteiger partial charge in [0.15, 0.2) is 16.6 Å². The number of aliphatic hydroxyl groups excluding tert-OH is 2.